The molecule has 3 rings (SSSR count). The number of hydrogen-bond acceptors (Lipinski definition) is 4. The van der Waals surface area contributed by atoms with Gasteiger partial charge in [0.2, 0.25) is 0 Å². The van der Waals surface area contributed by atoms with Crippen LogP contribution in [0.3, 0.4) is 0 Å². The van der Waals surface area contributed by atoms with E-state index in [2.05, 4.69) is 5.32 Å². The number of nitrogens with one attached hydrogen (secondary N) is 1. The Morgan fingerprint density at radius 1 is 1.04 bits per heavy atom. The van der Waals surface area contributed by atoms with Crippen LogP contribution in [0, 0.1) is 10.1 Å². The lowest BCUT2D eigenvalue weighted by atomic mass is 10.2. The van der Waals surface area contributed by atoms with Crippen molar-refractivity contribution in [1.29, 1.82) is 0 Å². The van der Waals surface area contributed by atoms with E-state index in [9.17, 15) is 14.9 Å². The predicted molar refractivity (Wildman–Crippen MR) is 90.4 cm³/mol. The summed E-state index contributed by atoms with van der Waals surface area (Å²) in [5, 5.41) is 13.3. The van der Waals surface area contributed by atoms with Crippen molar-refractivity contribution in [3.05, 3.63) is 64.2 Å². The van der Waals surface area contributed by atoms with E-state index in [1.165, 1.54) is 37.1 Å². The molecule has 6 heteroatoms. The molecule has 0 atom stereocenters. The second-order valence-electron chi connectivity index (χ2n) is 5.81. The van der Waals surface area contributed by atoms with E-state index in [0.717, 1.165) is 18.6 Å². The Bertz CT molecular complexity index is 720. The van der Waals surface area contributed by atoms with E-state index in [4.69, 9.17) is 4.74 Å². The number of benzene rings is 2. The lowest BCUT2D eigenvalue weighted by Crippen LogP contribution is -2.13. The number of carbonyl (C=O) groups excluding carboxylic acids is 1. The molecule has 0 bridgehead atoms. The predicted octanol–water partition coefficient (Wildman–Crippen LogP) is 4.17. The van der Waals surface area contributed by atoms with Crippen LogP contribution in [-0.4, -0.2) is 16.9 Å². The van der Waals surface area contributed by atoms with Crippen LogP contribution in [0.15, 0.2) is 48.5 Å². The van der Waals surface area contributed by atoms with Crippen molar-refractivity contribution in [1.82, 2.24) is 0 Å². The molecular formula is C18H18N2O4. The molecule has 124 valence electrons. The maximum absolute atomic E-state index is 12.2. The number of nitro groups is 1. The summed E-state index contributed by atoms with van der Waals surface area (Å²) in [6.45, 7) is 0. The number of nitro benzene ring substituents is 1. The van der Waals surface area contributed by atoms with E-state index in [1.807, 2.05) is 0 Å². The molecule has 0 aromatic heterocycles. The Balaban J connectivity index is 1.60. The average molecular weight is 326 g/mol. The Kier molecular flexibility index (Phi) is 4.74. The monoisotopic (exact) mass is 326 g/mol. The summed E-state index contributed by atoms with van der Waals surface area (Å²) in [5.41, 5.74) is 1.01. The van der Waals surface area contributed by atoms with Gasteiger partial charge < -0.3 is 10.1 Å². The van der Waals surface area contributed by atoms with E-state index in [-0.39, 0.29) is 17.7 Å². The van der Waals surface area contributed by atoms with Gasteiger partial charge in [-0.25, -0.2) is 0 Å². The first-order chi connectivity index (χ1) is 11.6. The van der Waals surface area contributed by atoms with E-state index >= 15 is 0 Å². The molecule has 0 spiro atoms. The second kappa shape index (κ2) is 7.12. The van der Waals surface area contributed by atoms with Crippen LogP contribution in [0.2, 0.25) is 0 Å². The minimum absolute atomic E-state index is 0.0126. The molecule has 1 aliphatic carbocycles. The third kappa shape index (κ3) is 3.90. The zero-order valence-electron chi connectivity index (χ0n) is 13.1. The van der Waals surface area contributed by atoms with Crippen LogP contribution < -0.4 is 10.1 Å². The van der Waals surface area contributed by atoms with Crippen molar-refractivity contribution in [2.75, 3.05) is 5.32 Å². The van der Waals surface area contributed by atoms with E-state index in [1.54, 1.807) is 24.3 Å². The minimum atomic E-state index is -0.478. The molecule has 0 radical (unpaired) electrons. The van der Waals surface area contributed by atoms with Gasteiger partial charge in [-0.2, -0.15) is 0 Å². The quantitative estimate of drug-likeness (QED) is 0.660. The molecule has 0 aliphatic heterocycles. The number of nitrogens with zero attached hydrogens (tertiary/aromatic N) is 1. The highest BCUT2D eigenvalue weighted by Crippen LogP contribution is 2.24. The van der Waals surface area contributed by atoms with Crippen LogP contribution in [0.25, 0.3) is 0 Å². The molecule has 2 aromatic rings. The lowest BCUT2D eigenvalue weighted by molar-refractivity contribution is -0.384. The number of carbonyl (C=O) groups is 1. The third-order valence-corrected chi connectivity index (χ3v) is 4.06. The molecular weight excluding hydrogens is 308 g/mol. The first kappa shape index (κ1) is 16.0. The topological polar surface area (TPSA) is 81.5 Å². The molecule has 1 fully saturated rings. The fourth-order valence-corrected chi connectivity index (χ4v) is 2.75. The van der Waals surface area contributed by atoms with Crippen molar-refractivity contribution in [2.24, 2.45) is 0 Å². The van der Waals surface area contributed by atoms with Gasteiger partial charge >= 0.3 is 0 Å². The van der Waals surface area contributed by atoms with Crippen molar-refractivity contribution < 1.29 is 14.5 Å². The number of hydrogen-bond donors (Lipinski definition) is 1. The first-order valence-corrected chi connectivity index (χ1v) is 7.94. The molecule has 0 unspecified atom stereocenters. The molecule has 6 nitrogen and oxygen atoms in total. The van der Waals surface area contributed by atoms with Crippen LogP contribution in [-0.2, 0) is 0 Å². The largest absolute Gasteiger partial charge is 0.490 e. The minimum Gasteiger partial charge on any atom is -0.490 e. The Labute approximate surface area is 139 Å². The fraction of sp³-hybridized carbons (Fsp3) is 0.278. The van der Waals surface area contributed by atoms with Gasteiger partial charge in [0.15, 0.2) is 0 Å². The molecule has 0 heterocycles. The summed E-state index contributed by atoms with van der Waals surface area (Å²) in [6, 6.07) is 12.7. The van der Waals surface area contributed by atoms with E-state index in [0.29, 0.717) is 11.3 Å². The summed E-state index contributed by atoms with van der Waals surface area (Å²) < 4.78 is 5.87. The van der Waals surface area contributed by atoms with Gasteiger partial charge in [-0.15, -0.1) is 0 Å². The molecule has 1 saturated carbocycles. The summed E-state index contributed by atoms with van der Waals surface area (Å²) in [6.07, 6.45) is 4.87. The normalized spacial score (nSPS) is 14.3. The first-order valence-electron chi connectivity index (χ1n) is 7.94. The van der Waals surface area contributed by atoms with Gasteiger partial charge in [0.05, 0.1) is 11.0 Å². The average Bonchev–Trinajstić information content (AvgIpc) is 3.09. The Morgan fingerprint density at radius 2 is 1.67 bits per heavy atom. The molecule has 0 saturated heterocycles. The summed E-state index contributed by atoms with van der Waals surface area (Å²) >= 11 is 0. The van der Waals surface area contributed by atoms with Crippen LogP contribution in [0.1, 0.15) is 36.0 Å². The zero-order valence-corrected chi connectivity index (χ0v) is 13.1. The summed E-state index contributed by atoms with van der Waals surface area (Å²) in [4.78, 5) is 22.3. The van der Waals surface area contributed by atoms with Crippen molar-refractivity contribution >= 4 is 17.3 Å². The number of non-ortho nitro benzene ring substituents is 1. The van der Waals surface area contributed by atoms with Gasteiger partial charge in [0.1, 0.15) is 5.75 Å². The highest BCUT2D eigenvalue weighted by molar-refractivity contribution is 6.04. The highest BCUT2D eigenvalue weighted by atomic mass is 16.6. The number of ether oxygens (including phenoxy) is 1. The summed E-state index contributed by atoms with van der Waals surface area (Å²) in [5.74, 6) is 0.505. The van der Waals surface area contributed by atoms with Gasteiger partial charge in [0.25, 0.3) is 11.6 Å². The summed E-state index contributed by atoms with van der Waals surface area (Å²) in [7, 11) is 0. The van der Waals surface area contributed by atoms with Crippen LogP contribution in [0.5, 0.6) is 5.75 Å². The molecule has 1 amide bonds. The van der Waals surface area contributed by atoms with Gasteiger partial charge in [-0.3, -0.25) is 14.9 Å². The maximum Gasteiger partial charge on any atom is 0.269 e. The van der Waals surface area contributed by atoms with Crippen LogP contribution >= 0.6 is 0 Å². The third-order valence-electron chi connectivity index (χ3n) is 4.06. The lowest BCUT2D eigenvalue weighted by Gasteiger charge is -2.13. The Hall–Kier alpha value is -2.89. The molecule has 24 heavy (non-hydrogen) atoms. The zero-order chi connectivity index (χ0) is 16.9. The van der Waals surface area contributed by atoms with Crippen molar-refractivity contribution in [3.63, 3.8) is 0 Å². The van der Waals surface area contributed by atoms with Gasteiger partial charge in [0, 0.05) is 23.4 Å². The second-order valence-corrected chi connectivity index (χ2v) is 5.81. The maximum atomic E-state index is 12.2. The fourth-order valence-electron chi connectivity index (χ4n) is 2.75. The van der Waals surface area contributed by atoms with Gasteiger partial charge in [-0.05, 0) is 62.1 Å². The SMILES string of the molecule is O=C(Nc1ccc([N+](=O)[O-])cc1)c1ccc(OC2CCCC2)cc1. The van der Waals surface area contributed by atoms with E-state index < -0.39 is 4.92 Å². The number of rotatable bonds is 5. The molecule has 1 aliphatic rings. The molecule has 1 N–H and O–H groups in total. The van der Waals surface area contributed by atoms with Gasteiger partial charge in [-0.1, -0.05) is 0 Å². The van der Waals surface area contributed by atoms with Crippen molar-refractivity contribution in [2.45, 2.75) is 31.8 Å². The van der Waals surface area contributed by atoms with Crippen LogP contribution in [0.4, 0.5) is 11.4 Å². The Morgan fingerprint density at radius 3 is 2.25 bits per heavy atom. The number of amides is 1. The highest BCUT2D eigenvalue weighted by Gasteiger charge is 2.16. The standard InChI is InChI=1S/C18H18N2O4/c21-18(19-14-7-9-15(10-8-14)20(22)23)13-5-11-17(12-6-13)24-16-3-1-2-4-16/h5-12,16H,1-4H2,(H,19,21). The van der Waals surface area contributed by atoms with Crippen molar-refractivity contribution in [3.8, 4) is 5.75 Å². The number of anilines is 1. The smallest absolute Gasteiger partial charge is 0.269 e. The molecule has 2 aromatic carbocycles.